The van der Waals surface area contributed by atoms with E-state index >= 15 is 0 Å². The third kappa shape index (κ3) is 5.72. The second kappa shape index (κ2) is 10.6. The predicted molar refractivity (Wildman–Crippen MR) is 122 cm³/mol. The molecule has 0 unspecified atom stereocenters. The SMILES string of the molecule is COc1cccc(OCC(=O)N(CCCN2CCOCC2)c2nc3ccccc3s2)c1. The first-order chi connectivity index (χ1) is 15.2. The van der Waals surface area contributed by atoms with Gasteiger partial charge in [0.25, 0.3) is 5.91 Å². The first kappa shape index (κ1) is 21.5. The van der Waals surface area contributed by atoms with Crippen LogP contribution in [0.25, 0.3) is 10.2 Å². The molecule has 1 fully saturated rings. The van der Waals surface area contributed by atoms with Crippen LogP contribution in [0, 0.1) is 0 Å². The Hall–Kier alpha value is -2.68. The number of thiazole rings is 1. The van der Waals surface area contributed by atoms with Gasteiger partial charge < -0.3 is 14.2 Å². The van der Waals surface area contributed by atoms with Gasteiger partial charge in [-0.3, -0.25) is 14.6 Å². The average Bonchev–Trinajstić information content (AvgIpc) is 3.25. The predicted octanol–water partition coefficient (Wildman–Crippen LogP) is 3.44. The van der Waals surface area contributed by atoms with Crippen molar-refractivity contribution in [2.75, 3.05) is 58.0 Å². The summed E-state index contributed by atoms with van der Waals surface area (Å²) in [6.45, 7) is 4.89. The molecule has 0 N–H and O–H groups in total. The average molecular weight is 442 g/mol. The Morgan fingerprint density at radius 1 is 1.16 bits per heavy atom. The van der Waals surface area contributed by atoms with E-state index in [9.17, 15) is 4.79 Å². The molecule has 2 heterocycles. The van der Waals surface area contributed by atoms with Crippen LogP contribution in [0.4, 0.5) is 5.13 Å². The number of rotatable bonds is 9. The van der Waals surface area contributed by atoms with Gasteiger partial charge in [0.2, 0.25) is 0 Å². The molecular weight excluding hydrogens is 414 g/mol. The summed E-state index contributed by atoms with van der Waals surface area (Å²) < 4.78 is 17.5. The number of ether oxygens (including phenoxy) is 3. The first-order valence-electron chi connectivity index (χ1n) is 10.5. The van der Waals surface area contributed by atoms with Gasteiger partial charge in [-0.05, 0) is 30.7 Å². The zero-order valence-corrected chi connectivity index (χ0v) is 18.5. The molecule has 1 aliphatic heterocycles. The quantitative estimate of drug-likeness (QED) is 0.507. The number of fused-ring (bicyclic) bond motifs is 1. The highest BCUT2D eigenvalue weighted by Crippen LogP contribution is 2.29. The van der Waals surface area contributed by atoms with Crippen LogP contribution in [0.3, 0.4) is 0 Å². The topological polar surface area (TPSA) is 64.1 Å². The lowest BCUT2D eigenvalue weighted by atomic mass is 10.3. The van der Waals surface area contributed by atoms with Crippen molar-refractivity contribution in [3.63, 3.8) is 0 Å². The molecule has 31 heavy (non-hydrogen) atoms. The van der Waals surface area contributed by atoms with E-state index < -0.39 is 0 Å². The Morgan fingerprint density at radius 2 is 1.97 bits per heavy atom. The number of methoxy groups -OCH3 is 1. The molecule has 1 saturated heterocycles. The summed E-state index contributed by atoms with van der Waals surface area (Å²) in [6.07, 6.45) is 0.862. The fourth-order valence-electron chi connectivity index (χ4n) is 3.49. The van der Waals surface area contributed by atoms with Crippen LogP contribution in [0.1, 0.15) is 6.42 Å². The van der Waals surface area contributed by atoms with E-state index in [4.69, 9.17) is 19.2 Å². The molecule has 1 aliphatic rings. The van der Waals surface area contributed by atoms with Crippen LogP contribution in [-0.4, -0.2) is 68.9 Å². The minimum absolute atomic E-state index is 0.0549. The summed E-state index contributed by atoms with van der Waals surface area (Å²) in [5.74, 6) is 1.19. The minimum atomic E-state index is -0.108. The number of hydrogen-bond acceptors (Lipinski definition) is 7. The fourth-order valence-corrected chi connectivity index (χ4v) is 4.50. The van der Waals surface area contributed by atoms with Gasteiger partial charge in [0.1, 0.15) is 11.5 Å². The molecule has 0 saturated carbocycles. The molecule has 0 radical (unpaired) electrons. The van der Waals surface area contributed by atoms with Gasteiger partial charge in [-0.15, -0.1) is 0 Å². The van der Waals surface area contributed by atoms with Crippen molar-refractivity contribution in [2.24, 2.45) is 0 Å². The summed E-state index contributed by atoms with van der Waals surface area (Å²) in [6, 6.07) is 15.2. The van der Waals surface area contributed by atoms with Crippen molar-refractivity contribution < 1.29 is 19.0 Å². The number of hydrogen-bond donors (Lipinski definition) is 0. The van der Waals surface area contributed by atoms with E-state index in [0.29, 0.717) is 23.2 Å². The monoisotopic (exact) mass is 441 g/mol. The molecule has 1 aromatic heterocycles. The standard InChI is InChI=1S/C23H27N3O4S/c1-28-18-6-4-7-19(16-18)30-17-22(27)26(11-5-10-25-12-14-29-15-13-25)23-24-20-8-2-3-9-21(20)31-23/h2-4,6-9,16H,5,10-15,17H2,1H3. The molecule has 8 heteroatoms. The van der Waals surface area contributed by atoms with E-state index in [-0.39, 0.29) is 12.5 Å². The molecule has 7 nitrogen and oxygen atoms in total. The third-order valence-corrected chi connectivity index (χ3v) is 6.24. The summed E-state index contributed by atoms with van der Waals surface area (Å²) >= 11 is 1.53. The van der Waals surface area contributed by atoms with Gasteiger partial charge in [0.15, 0.2) is 11.7 Å². The van der Waals surface area contributed by atoms with Gasteiger partial charge in [0, 0.05) is 32.2 Å². The van der Waals surface area contributed by atoms with E-state index in [0.717, 1.165) is 49.5 Å². The lowest BCUT2D eigenvalue weighted by Gasteiger charge is -2.27. The molecule has 164 valence electrons. The summed E-state index contributed by atoms with van der Waals surface area (Å²) in [7, 11) is 1.60. The van der Waals surface area contributed by atoms with E-state index in [2.05, 4.69) is 4.90 Å². The minimum Gasteiger partial charge on any atom is -0.497 e. The normalized spacial score (nSPS) is 14.5. The van der Waals surface area contributed by atoms with E-state index in [1.54, 1.807) is 18.1 Å². The Labute approximate surface area is 186 Å². The fraction of sp³-hybridized carbons (Fsp3) is 0.391. The number of morpholine rings is 1. The van der Waals surface area contributed by atoms with E-state index in [1.807, 2.05) is 42.5 Å². The molecule has 3 aromatic rings. The Balaban J connectivity index is 1.44. The number of anilines is 1. The second-order valence-electron chi connectivity index (χ2n) is 7.28. The number of amides is 1. The summed E-state index contributed by atoms with van der Waals surface area (Å²) in [4.78, 5) is 22.0. The molecule has 0 atom stereocenters. The lowest BCUT2D eigenvalue weighted by molar-refractivity contribution is -0.120. The Bertz CT molecular complexity index is 970. The zero-order chi connectivity index (χ0) is 21.5. The molecule has 0 spiro atoms. The number of nitrogens with zero attached hydrogens (tertiary/aromatic N) is 3. The highest BCUT2D eigenvalue weighted by Gasteiger charge is 2.21. The largest absolute Gasteiger partial charge is 0.497 e. The molecule has 0 aliphatic carbocycles. The van der Waals surface area contributed by atoms with Gasteiger partial charge in [-0.25, -0.2) is 4.98 Å². The highest BCUT2D eigenvalue weighted by molar-refractivity contribution is 7.22. The highest BCUT2D eigenvalue weighted by atomic mass is 32.1. The number of para-hydroxylation sites is 1. The molecule has 1 amide bonds. The zero-order valence-electron chi connectivity index (χ0n) is 17.7. The van der Waals surface area contributed by atoms with Crippen LogP contribution >= 0.6 is 11.3 Å². The first-order valence-corrected chi connectivity index (χ1v) is 11.3. The van der Waals surface area contributed by atoms with Crippen LogP contribution in [-0.2, 0) is 9.53 Å². The van der Waals surface area contributed by atoms with E-state index in [1.165, 1.54) is 11.3 Å². The van der Waals surface area contributed by atoms with Crippen LogP contribution in [0.5, 0.6) is 11.5 Å². The number of carbonyl (C=O) groups is 1. The van der Waals surface area contributed by atoms with Crippen molar-refractivity contribution in [3.05, 3.63) is 48.5 Å². The lowest BCUT2D eigenvalue weighted by Crippen LogP contribution is -2.40. The van der Waals surface area contributed by atoms with Gasteiger partial charge in [-0.2, -0.15) is 0 Å². The number of carbonyl (C=O) groups excluding carboxylic acids is 1. The van der Waals surface area contributed by atoms with Crippen LogP contribution in [0.2, 0.25) is 0 Å². The van der Waals surface area contributed by atoms with Crippen molar-refractivity contribution in [1.82, 2.24) is 9.88 Å². The van der Waals surface area contributed by atoms with Crippen molar-refractivity contribution in [1.29, 1.82) is 0 Å². The summed E-state index contributed by atoms with van der Waals surface area (Å²) in [5, 5.41) is 0.711. The number of benzene rings is 2. The molecular formula is C23H27N3O4S. The Morgan fingerprint density at radius 3 is 2.77 bits per heavy atom. The van der Waals surface area contributed by atoms with Crippen molar-refractivity contribution in [2.45, 2.75) is 6.42 Å². The Kier molecular flexibility index (Phi) is 7.35. The maximum Gasteiger partial charge on any atom is 0.266 e. The molecule has 0 bridgehead atoms. The van der Waals surface area contributed by atoms with Gasteiger partial charge >= 0.3 is 0 Å². The van der Waals surface area contributed by atoms with Gasteiger partial charge in [-0.1, -0.05) is 29.5 Å². The van der Waals surface area contributed by atoms with Gasteiger partial charge in [0.05, 0.1) is 30.5 Å². The second-order valence-corrected chi connectivity index (χ2v) is 8.29. The van der Waals surface area contributed by atoms with Crippen LogP contribution in [0.15, 0.2) is 48.5 Å². The maximum atomic E-state index is 13.1. The maximum absolute atomic E-state index is 13.1. The number of aromatic nitrogens is 1. The smallest absolute Gasteiger partial charge is 0.266 e. The third-order valence-electron chi connectivity index (χ3n) is 5.18. The summed E-state index contributed by atoms with van der Waals surface area (Å²) in [5.41, 5.74) is 0.905. The molecule has 4 rings (SSSR count). The molecule has 2 aromatic carbocycles. The van der Waals surface area contributed by atoms with Crippen molar-refractivity contribution >= 4 is 32.6 Å². The van der Waals surface area contributed by atoms with Crippen molar-refractivity contribution in [3.8, 4) is 11.5 Å². The van der Waals surface area contributed by atoms with Crippen LogP contribution < -0.4 is 14.4 Å².